The first kappa shape index (κ1) is 13.0. The smallest absolute Gasteiger partial charge is 0.259 e. The molecule has 104 valence electrons. The summed E-state index contributed by atoms with van der Waals surface area (Å²) in [7, 11) is 0. The molecule has 0 spiro atoms. The molecule has 1 saturated carbocycles. The van der Waals surface area contributed by atoms with E-state index < -0.39 is 11.6 Å². The third-order valence-electron chi connectivity index (χ3n) is 3.67. The van der Waals surface area contributed by atoms with Crippen LogP contribution in [-0.2, 0) is 11.3 Å². The highest BCUT2D eigenvalue weighted by Crippen LogP contribution is 2.29. The Bertz CT molecular complexity index is 488. The van der Waals surface area contributed by atoms with Crippen molar-refractivity contribution in [1.29, 1.82) is 0 Å². The van der Waals surface area contributed by atoms with Crippen LogP contribution in [0, 0.1) is 6.92 Å². The molecule has 1 unspecified atom stereocenters. The Balaban J connectivity index is 1.57. The Kier molecular flexibility index (Phi) is 3.30. The zero-order chi connectivity index (χ0) is 13.5. The number of likely N-dealkylation sites (tertiary alicyclic amines) is 1. The van der Waals surface area contributed by atoms with Gasteiger partial charge in [-0.2, -0.15) is 0 Å². The van der Waals surface area contributed by atoms with Crippen LogP contribution in [0.25, 0.3) is 0 Å². The fourth-order valence-electron chi connectivity index (χ4n) is 2.42. The molecule has 1 aromatic heterocycles. The van der Waals surface area contributed by atoms with E-state index in [2.05, 4.69) is 10.3 Å². The molecular weight excluding hydrogens is 265 g/mol. The molecule has 1 N–H and O–H groups in total. The summed E-state index contributed by atoms with van der Waals surface area (Å²) in [6.07, 6.45) is 2.27. The zero-order valence-corrected chi connectivity index (χ0v) is 11.8. The Labute approximate surface area is 116 Å². The van der Waals surface area contributed by atoms with Crippen molar-refractivity contribution in [2.75, 3.05) is 13.1 Å². The van der Waals surface area contributed by atoms with E-state index in [9.17, 15) is 9.18 Å². The first-order chi connectivity index (χ1) is 9.05. The highest BCUT2D eigenvalue weighted by molar-refractivity contribution is 7.09. The van der Waals surface area contributed by atoms with Crippen molar-refractivity contribution in [2.45, 2.75) is 44.4 Å². The normalized spacial score (nSPS) is 27.7. The Morgan fingerprint density at radius 1 is 1.68 bits per heavy atom. The van der Waals surface area contributed by atoms with E-state index in [-0.39, 0.29) is 19.0 Å². The molecule has 2 heterocycles. The molecule has 4 nitrogen and oxygen atoms in total. The van der Waals surface area contributed by atoms with Gasteiger partial charge in [-0.25, -0.2) is 9.37 Å². The first-order valence-corrected chi connectivity index (χ1v) is 7.56. The predicted octanol–water partition coefficient (Wildman–Crippen LogP) is 1.64. The van der Waals surface area contributed by atoms with Crippen molar-refractivity contribution in [3.8, 4) is 0 Å². The van der Waals surface area contributed by atoms with Crippen molar-refractivity contribution in [1.82, 2.24) is 15.2 Å². The SMILES string of the molecule is Cc1nc(CN2CCC(F)(C(=O)NC3CC3)C2)cs1. The number of nitrogens with zero attached hydrogens (tertiary/aromatic N) is 2. The van der Waals surface area contributed by atoms with Gasteiger partial charge in [0.2, 0.25) is 5.67 Å². The third-order valence-corrected chi connectivity index (χ3v) is 4.49. The molecule has 2 fully saturated rings. The highest BCUT2D eigenvalue weighted by atomic mass is 32.1. The first-order valence-electron chi connectivity index (χ1n) is 6.68. The lowest BCUT2D eigenvalue weighted by molar-refractivity contribution is -0.132. The third kappa shape index (κ3) is 2.95. The second-order valence-corrected chi connectivity index (χ2v) is 6.59. The Morgan fingerprint density at radius 2 is 2.47 bits per heavy atom. The molecule has 1 aliphatic heterocycles. The van der Waals surface area contributed by atoms with Gasteiger partial charge >= 0.3 is 0 Å². The lowest BCUT2D eigenvalue weighted by atomic mass is 10.0. The topological polar surface area (TPSA) is 45.2 Å². The fraction of sp³-hybridized carbons (Fsp3) is 0.692. The number of hydrogen-bond donors (Lipinski definition) is 1. The monoisotopic (exact) mass is 283 g/mol. The van der Waals surface area contributed by atoms with Crippen LogP contribution in [0.1, 0.15) is 30.0 Å². The Hall–Kier alpha value is -1.01. The van der Waals surface area contributed by atoms with Gasteiger partial charge in [-0.15, -0.1) is 11.3 Å². The van der Waals surface area contributed by atoms with Crippen LogP contribution >= 0.6 is 11.3 Å². The van der Waals surface area contributed by atoms with Crippen molar-refractivity contribution < 1.29 is 9.18 Å². The highest BCUT2D eigenvalue weighted by Gasteiger charge is 2.46. The van der Waals surface area contributed by atoms with E-state index in [1.165, 1.54) is 0 Å². The standard InChI is InChI=1S/C13H18FN3OS/c1-9-15-11(7-19-9)6-17-5-4-13(14,8-17)12(18)16-10-2-3-10/h7,10H,2-6,8H2,1H3,(H,16,18). The summed E-state index contributed by atoms with van der Waals surface area (Å²) in [5.41, 5.74) is -0.748. The number of halogens is 1. The van der Waals surface area contributed by atoms with Gasteiger partial charge < -0.3 is 5.32 Å². The molecule has 0 aromatic carbocycles. The number of alkyl halides is 1. The zero-order valence-electron chi connectivity index (χ0n) is 11.0. The summed E-state index contributed by atoms with van der Waals surface area (Å²) in [6.45, 7) is 3.39. The number of carbonyl (C=O) groups is 1. The largest absolute Gasteiger partial charge is 0.351 e. The van der Waals surface area contributed by atoms with Gasteiger partial charge in [-0.3, -0.25) is 9.69 Å². The van der Waals surface area contributed by atoms with Crippen molar-refractivity contribution in [2.24, 2.45) is 0 Å². The number of hydrogen-bond acceptors (Lipinski definition) is 4. The number of thiazole rings is 1. The maximum atomic E-state index is 14.6. The number of nitrogens with one attached hydrogen (secondary N) is 1. The molecule has 1 aromatic rings. The summed E-state index contributed by atoms with van der Waals surface area (Å²) < 4.78 is 14.6. The van der Waals surface area contributed by atoms with E-state index in [4.69, 9.17) is 0 Å². The van der Waals surface area contributed by atoms with Gasteiger partial charge in [0.25, 0.3) is 5.91 Å². The second-order valence-electron chi connectivity index (χ2n) is 5.53. The van der Waals surface area contributed by atoms with Gasteiger partial charge in [0.1, 0.15) is 0 Å². The van der Waals surface area contributed by atoms with Crippen molar-refractivity contribution in [3.05, 3.63) is 16.1 Å². The second kappa shape index (κ2) is 4.83. The van der Waals surface area contributed by atoms with Gasteiger partial charge in [-0.05, 0) is 19.8 Å². The summed E-state index contributed by atoms with van der Waals surface area (Å²) in [5, 5.41) is 5.79. The molecule has 1 aliphatic carbocycles. The maximum Gasteiger partial charge on any atom is 0.259 e. The molecule has 1 amide bonds. The van der Waals surface area contributed by atoms with Crippen LogP contribution < -0.4 is 5.32 Å². The van der Waals surface area contributed by atoms with Crippen LogP contribution in [0.4, 0.5) is 4.39 Å². The van der Waals surface area contributed by atoms with Gasteiger partial charge in [0.15, 0.2) is 0 Å². The van der Waals surface area contributed by atoms with Gasteiger partial charge in [0, 0.05) is 37.5 Å². The minimum atomic E-state index is -1.71. The predicted molar refractivity (Wildman–Crippen MR) is 71.7 cm³/mol. The van der Waals surface area contributed by atoms with Crippen LogP contribution in [0.2, 0.25) is 0 Å². The van der Waals surface area contributed by atoms with Gasteiger partial charge in [-0.1, -0.05) is 0 Å². The molecule has 1 atom stereocenters. The summed E-state index contributed by atoms with van der Waals surface area (Å²) in [4.78, 5) is 18.2. The van der Waals surface area contributed by atoms with E-state index in [0.29, 0.717) is 13.1 Å². The van der Waals surface area contributed by atoms with E-state index >= 15 is 0 Å². The molecule has 2 aliphatic rings. The molecule has 6 heteroatoms. The minimum Gasteiger partial charge on any atom is -0.351 e. The van der Waals surface area contributed by atoms with Crippen molar-refractivity contribution in [3.63, 3.8) is 0 Å². The van der Waals surface area contributed by atoms with Crippen LogP contribution in [0.3, 0.4) is 0 Å². The van der Waals surface area contributed by atoms with Gasteiger partial charge in [0.05, 0.1) is 10.7 Å². The lowest BCUT2D eigenvalue weighted by Gasteiger charge is -2.19. The van der Waals surface area contributed by atoms with E-state index in [1.54, 1.807) is 11.3 Å². The van der Waals surface area contributed by atoms with E-state index in [0.717, 1.165) is 23.5 Å². The molecule has 19 heavy (non-hydrogen) atoms. The molecule has 0 radical (unpaired) electrons. The fourth-order valence-corrected chi connectivity index (χ4v) is 3.02. The number of aromatic nitrogens is 1. The molecule has 3 rings (SSSR count). The molecule has 1 saturated heterocycles. The summed E-state index contributed by atoms with van der Waals surface area (Å²) in [6, 6.07) is 0.218. The quantitative estimate of drug-likeness (QED) is 0.914. The number of amides is 1. The van der Waals surface area contributed by atoms with Crippen LogP contribution in [0.15, 0.2) is 5.38 Å². The van der Waals surface area contributed by atoms with Crippen LogP contribution in [0.5, 0.6) is 0 Å². The van der Waals surface area contributed by atoms with Crippen LogP contribution in [-0.4, -0.2) is 40.6 Å². The van der Waals surface area contributed by atoms with E-state index in [1.807, 2.05) is 17.2 Å². The van der Waals surface area contributed by atoms with Crippen molar-refractivity contribution >= 4 is 17.2 Å². The molecular formula is C13H18FN3OS. The average molecular weight is 283 g/mol. The Morgan fingerprint density at radius 3 is 3.11 bits per heavy atom. The molecule has 0 bridgehead atoms. The average Bonchev–Trinajstić information content (AvgIpc) is 2.96. The number of carbonyl (C=O) groups excluding carboxylic acids is 1. The lowest BCUT2D eigenvalue weighted by Crippen LogP contribution is -2.46. The minimum absolute atomic E-state index is 0.183. The number of rotatable bonds is 4. The summed E-state index contributed by atoms with van der Waals surface area (Å²) >= 11 is 1.60. The summed E-state index contributed by atoms with van der Waals surface area (Å²) in [5.74, 6) is -0.424. The maximum absolute atomic E-state index is 14.6. The number of aryl methyl sites for hydroxylation is 1.